The highest BCUT2D eigenvalue weighted by atomic mass is 16.2. The van der Waals surface area contributed by atoms with Crippen molar-refractivity contribution in [2.24, 2.45) is 11.5 Å². The highest BCUT2D eigenvalue weighted by molar-refractivity contribution is 5.81. The molecule has 98 valence electrons. The molecule has 0 bridgehead atoms. The minimum Gasteiger partial charge on any atom is -0.399 e. The zero-order valence-corrected chi connectivity index (χ0v) is 10.3. The van der Waals surface area contributed by atoms with E-state index in [1.54, 1.807) is 24.0 Å². The summed E-state index contributed by atoms with van der Waals surface area (Å²) in [5.41, 5.74) is 17.6. The Bertz CT molecular complexity index is 430. The first-order valence-electron chi connectivity index (χ1n) is 5.56. The molecule has 0 saturated heterocycles. The molecule has 0 aliphatic carbocycles. The fourth-order valence-electron chi connectivity index (χ4n) is 1.57. The number of nitrogens with zero attached hydrogens (tertiary/aromatic N) is 1. The second-order valence-electron chi connectivity index (χ2n) is 4.19. The van der Waals surface area contributed by atoms with E-state index in [2.05, 4.69) is 0 Å². The summed E-state index contributed by atoms with van der Waals surface area (Å²) in [5.74, 6) is -0.995. The molecule has 1 aromatic carbocycles. The Morgan fingerprint density at radius 2 is 1.78 bits per heavy atom. The summed E-state index contributed by atoms with van der Waals surface area (Å²) in [5, 5.41) is 0. The van der Waals surface area contributed by atoms with Gasteiger partial charge in [0.15, 0.2) is 0 Å². The Hall–Kier alpha value is -2.08. The number of rotatable bonds is 6. The molecule has 1 aromatic rings. The van der Waals surface area contributed by atoms with Gasteiger partial charge in [-0.3, -0.25) is 14.5 Å². The summed E-state index contributed by atoms with van der Waals surface area (Å²) in [7, 11) is 0. The molecular formula is C12H18N4O2. The Labute approximate surface area is 106 Å². The lowest BCUT2D eigenvalue weighted by Gasteiger charge is -2.25. The summed E-state index contributed by atoms with van der Waals surface area (Å²) in [6, 6.07) is 6.61. The van der Waals surface area contributed by atoms with E-state index >= 15 is 0 Å². The van der Waals surface area contributed by atoms with E-state index in [1.807, 2.05) is 12.1 Å². The van der Waals surface area contributed by atoms with Crippen molar-refractivity contribution in [1.29, 1.82) is 0 Å². The second kappa shape index (κ2) is 6.02. The minimum absolute atomic E-state index is 0.0194. The highest BCUT2D eigenvalue weighted by Crippen LogP contribution is 2.10. The van der Waals surface area contributed by atoms with E-state index in [0.29, 0.717) is 12.2 Å². The van der Waals surface area contributed by atoms with Crippen LogP contribution in [0.5, 0.6) is 0 Å². The molecule has 1 atom stereocenters. The molecule has 18 heavy (non-hydrogen) atoms. The van der Waals surface area contributed by atoms with E-state index in [4.69, 9.17) is 17.2 Å². The lowest BCUT2D eigenvalue weighted by molar-refractivity contribution is -0.125. The van der Waals surface area contributed by atoms with Crippen molar-refractivity contribution >= 4 is 17.5 Å². The molecule has 0 aliphatic heterocycles. The van der Waals surface area contributed by atoms with E-state index < -0.39 is 17.9 Å². The SMILES string of the molecule is CC(C(N)=O)N(CC(N)=O)Cc1ccc(N)cc1. The predicted octanol–water partition coefficient (Wildman–Crippen LogP) is -0.570. The topological polar surface area (TPSA) is 115 Å². The number of anilines is 1. The van der Waals surface area contributed by atoms with Gasteiger partial charge in [-0.1, -0.05) is 12.1 Å². The van der Waals surface area contributed by atoms with Gasteiger partial charge in [-0.15, -0.1) is 0 Å². The van der Waals surface area contributed by atoms with Crippen LogP contribution in [-0.2, 0) is 16.1 Å². The summed E-state index contributed by atoms with van der Waals surface area (Å²) >= 11 is 0. The third-order valence-corrected chi connectivity index (χ3v) is 2.68. The van der Waals surface area contributed by atoms with Gasteiger partial charge in [0.25, 0.3) is 0 Å². The van der Waals surface area contributed by atoms with Crippen LogP contribution in [0.25, 0.3) is 0 Å². The molecule has 0 heterocycles. The Morgan fingerprint density at radius 1 is 1.22 bits per heavy atom. The van der Waals surface area contributed by atoms with Crippen LogP contribution in [0.15, 0.2) is 24.3 Å². The van der Waals surface area contributed by atoms with E-state index in [1.165, 1.54) is 0 Å². The van der Waals surface area contributed by atoms with Gasteiger partial charge >= 0.3 is 0 Å². The zero-order valence-electron chi connectivity index (χ0n) is 10.3. The Kier molecular flexibility index (Phi) is 4.67. The standard InChI is InChI=1S/C12H18N4O2/c1-8(12(15)18)16(7-11(14)17)6-9-2-4-10(13)5-3-9/h2-5,8H,6-7,13H2,1H3,(H2,14,17)(H2,15,18). The van der Waals surface area contributed by atoms with Crippen LogP contribution in [0.3, 0.4) is 0 Å². The monoisotopic (exact) mass is 250 g/mol. The van der Waals surface area contributed by atoms with E-state index in [9.17, 15) is 9.59 Å². The number of nitrogen functional groups attached to an aromatic ring is 1. The minimum atomic E-state index is -0.560. The third kappa shape index (κ3) is 4.06. The molecule has 6 heteroatoms. The van der Waals surface area contributed by atoms with Gasteiger partial charge in [0.2, 0.25) is 11.8 Å². The van der Waals surface area contributed by atoms with Gasteiger partial charge in [0, 0.05) is 12.2 Å². The van der Waals surface area contributed by atoms with Crippen molar-refractivity contribution in [1.82, 2.24) is 4.90 Å². The lowest BCUT2D eigenvalue weighted by Crippen LogP contribution is -2.45. The zero-order chi connectivity index (χ0) is 13.7. The molecule has 0 fully saturated rings. The van der Waals surface area contributed by atoms with E-state index in [-0.39, 0.29) is 6.54 Å². The quantitative estimate of drug-likeness (QED) is 0.586. The summed E-state index contributed by atoms with van der Waals surface area (Å²) in [6.07, 6.45) is 0. The molecule has 1 unspecified atom stereocenters. The number of benzene rings is 1. The number of hydrogen-bond acceptors (Lipinski definition) is 4. The second-order valence-corrected chi connectivity index (χ2v) is 4.19. The molecule has 0 spiro atoms. The number of amides is 2. The molecule has 1 rings (SSSR count). The van der Waals surface area contributed by atoms with Crippen LogP contribution in [0.2, 0.25) is 0 Å². The van der Waals surface area contributed by atoms with Crippen LogP contribution in [0, 0.1) is 0 Å². The molecule has 0 aromatic heterocycles. The highest BCUT2D eigenvalue weighted by Gasteiger charge is 2.20. The van der Waals surface area contributed by atoms with E-state index in [0.717, 1.165) is 5.56 Å². The number of carbonyl (C=O) groups is 2. The van der Waals surface area contributed by atoms with Crippen LogP contribution in [0.1, 0.15) is 12.5 Å². The molecule has 0 saturated carbocycles. The van der Waals surface area contributed by atoms with Gasteiger partial charge in [-0.05, 0) is 24.6 Å². The number of nitrogens with two attached hydrogens (primary N) is 3. The molecule has 0 radical (unpaired) electrons. The van der Waals surface area contributed by atoms with Crippen molar-refractivity contribution in [3.63, 3.8) is 0 Å². The molecule has 6 N–H and O–H groups in total. The molecule has 2 amide bonds. The van der Waals surface area contributed by atoms with Gasteiger partial charge in [-0.25, -0.2) is 0 Å². The first-order valence-corrected chi connectivity index (χ1v) is 5.56. The van der Waals surface area contributed by atoms with Crippen LogP contribution in [-0.4, -0.2) is 29.3 Å². The van der Waals surface area contributed by atoms with Crippen molar-refractivity contribution in [3.8, 4) is 0 Å². The predicted molar refractivity (Wildman–Crippen MR) is 69.1 cm³/mol. The molecule has 6 nitrogen and oxygen atoms in total. The van der Waals surface area contributed by atoms with Crippen molar-refractivity contribution in [2.45, 2.75) is 19.5 Å². The largest absolute Gasteiger partial charge is 0.399 e. The fraction of sp³-hybridized carbons (Fsp3) is 0.333. The summed E-state index contributed by atoms with van der Waals surface area (Å²) in [4.78, 5) is 23.8. The number of hydrogen-bond donors (Lipinski definition) is 3. The molecule has 0 aliphatic rings. The van der Waals surface area contributed by atoms with Crippen LogP contribution in [0.4, 0.5) is 5.69 Å². The van der Waals surface area contributed by atoms with Crippen LogP contribution < -0.4 is 17.2 Å². The average molecular weight is 250 g/mol. The van der Waals surface area contributed by atoms with Gasteiger partial charge in [0.1, 0.15) is 0 Å². The number of carbonyl (C=O) groups excluding carboxylic acids is 2. The average Bonchev–Trinajstić information content (AvgIpc) is 2.29. The van der Waals surface area contributed by atoms with Gasteiger partial charge < -0.3 is 17.2 Å². The normalized spacial score (nSPS) is 12.3. The fourth-order valence-corrected chi connectivity index (χ4v) is 1.57. The van der Waals surface area contributed by atoms with Crippen molar-refractivity contribution in [3.05, 3.63) is 29.8 Å². The maximum atomic E-state index is 11.2. The first kappa shape index (κ1) is 14.0. The Balaban J connectivity index is 2.80. The van der Waals surface area contributed by atoms with Crippen molar-refractivity contribution < 1.29 is 9.59 Å². The van der Waals surface area contributed by atoms with Crippen molar-refractivity contribution in [2.75, 3.05) is 12.3 Å². The summed E-state index contributed by atoms with van der Waals surface area (Å²) in [6.45, 7) is 2.03. The first-order chi connectivity index (χ1) is 8.40. The van der Waals surface area contributed by atoms with Crippen LogP contribution >= 0.6 is 0 Å². The maximum absolute atomic E-state index is 11.2. The molecular weight excluding hydrogens is 232 g/mol. The van der Waals surface area contributed by atoms with Gasteiger partial charge in [0.05, 0.1) is 12.6 Å². The third-order valence-electron chi connectivity index (χ3n) is 2.68. The lowest BCUT2D eigenvalue weighted by atomic mass is 10.1. The Morgan fingerprint density at radius 3 is 2.22 bits per heavy atom. The summed E-state index contributed by atoms with van der Waals surface area (Å²) < 4.78 is 0. The maximum Gasteiger partial charge on any atom is 0.234 e. The van der Waals surface area contributed by atoms with Gasteiger partial charge in [-0.2, -0.15) is 0 Å². The smallest absolute Gasteiger partial charge is 0.234 e. The number of primary amides is 2.